The molecule has 2 heterocycles. The molecule has 0 radical (unpaired) electrons. The molecule has 3 aromatic rings. The minimum Gasteiger partial charge on any atom is -0.444 e. The molecule has 0 aliphatic carbocycles. The summed E-state index contributed by atoms with van der Waals surface area (Å²) in [7, 11) is 0. The summed E-state index contributed by atoms with van der Waals surface area (Å²) in [6.07, 6.45) is 0.0202. The van der Waals surface area contributed by atoms with Gasteiger partial charge in [-0.2, -0.15) is 0 Å². The molecule has 1 aromatic heterocycles. The first kappa shape index (κ1) is 46.8. The second-order valence-corrected chi connectivity index (χ2v) is 17.8. The van der Waals surface area contributed by atoms with Crippen LogP contribution in [0.2, 0.25) is 0 Å². The Balaban J connectivity index is 1.56. The maximum absolute atomic E-state index is 14.3. The summed E-state index contributed by atoms with van der Waals surface area (Å²) in [6.45, 7) is 15.4. The highest BCUT2D eigenvalue weighted by Crippen LogP contribution is 2.28. The number of pyridine rings is 1. The Kier molecular flexibility index (Phi) is 15.9. The smallest absolute Gasteiger partial charge is 0.410 e. The average Bonchev–Trinajstić information content (AvgIpc) is 3.60. The number of para-hydroxylation sites is 1. The number of alkyl carbamates (subject to hydrolysis) is 2. The van der Waals surface area contributed by atoms with Crippen LogP contribution in [-0.4, -0.2) is 112 Å². The van der Waals surface area contributed by atoms with Crippen molar-refractivity contribution < 1.29 is 43.0 Å². The first-order valence-electron chi connectivity index (χ1n) is 20.3. The van der Waals surface area contributed by atoms with Gasteiger partial charge in [0, 0.05) is 38.1 Å². The molecule has 1 saturated heterocycles. The molecule has 4 rings (SSSR count). The van der Waals surface area contributed by atoms with Gasteiger partial charge in [-0.15, -0.1) is 0 Å². The molecule has 6 amide bonds. The molecular weight excluding hydrogens is 771 g/mol. The van der Waals surface area contributed by atoms with Crippen LogP contribution in [0.3, 0.4) is 0 Å². The first-order valence-corrected chi connectivity index (χ1v) is 20.3. The summed E-state index contributed by atoms with van der Waals surface area (Å²) in [5, 5.41) is 11.9. The van der Waals surface area contributed by atoms with Crippen molar-refractivity contribution in [1.29, 1.82) is 0 Å². The van der Waals surface area contributed by atoms with Gasteiger partial charge < -0.3 is 40.4 Å². The molecule has 0 saturated carbocycles. The van der Waals surface area contributed by atoms with Crippen LogP contribution < -0.4 is 21.3 Å². The normalized spacial score (nSPS) is 16.0. The summed E-state index contributed by atoms with van der Waals surface area (Å²) in [5.74, 6) is -2.41. The van der Waals surface area contributed by atoms with Gasteiger partial charge in [-0.25, -0.2) is 14.4 Å². The van der Waals surface area contributed by atoms with Crippen LogP contribution in [0.5, 0.6) is 0 Å². The number of anilines is 1. The van der Waals surface area contributed by atoms with E-state index in [0.29, 0.717) is 12.1 Å². The van der Waals surface area contributed by atoms with Crippen molar-refractivity contribution in [2.75, 3.05) is 38.0 Å². The highest BCUT2D eigenvalue weighted by atomic mass is 16.6. The Morgan fingerprint density at radius 1 is 0.783 bits per heavy atom. The predicted octanol–water partition coefficient (Wildman–Crippen LogP) is 5.79. The number of fused-ring (bicyclic) bond motifs is 1. The highest BCUT2D eigenvalue weighted by molar-refractivity contribution is 5.99. The van der Waals surface area contributed by atoms with Crippen LogP contribution >= 0.6 is 0 Å². The van der Waals surface area contributed by atoms with Crippen molar-refractivity contribution in [1.82, 2.24) is 30.7 Å². The van der Waals surface area contributed by atoms with E-state index in [1.807, 2.05) is 54.6 Å². The van der Waals surface area contributed by atoms with E-state index in [0.717, 1.165) is 16.5 Å². The fraction of sp³-hybridized carbons (Fsp3) is 0.523. The third-order valence-electron chi connectivity index (χ3n) is 9.05. The average molecular weight is 832 g/mol. The number of likely N-dealkylation sites (tertiary alicyclic amines) is 1. The molecular formula is C44H61N7O9. The van der Waals surface area contributed by atoms with Crippen LogP contribution in [0.4, 0.5) is 20.1 Å². The quantitative estimate of drug-likeness (QED) is 0.144. The number of aryl methyl sites for hydroxylation is 1. The summed E-state index contributed by atoms with van der Waals surface area (Å²) in [5.41, 5.74) is -0.233. The monoisotopic (exact) mass is 831 g/mol. The van der Waals surface area contributed by atoms with E-state index < -0.39 is 70.8 Å². The molecule has 1 unspecified atom stereocenters. The van der Waals surface area contributed by atoms with Gasteiger partial charge in [0.1, 0.15) is 28.9 Å². The molecule has 3 atom stereocenters. The highest BCUT2D eigenvalue weighted by Gasteiger charge is 2.45. The zero-order valence-corrected chi connectivity index (χ0v) is 36.3. The van der Waals surface area contributed by atoms with E-state index in [4.69, 9.17) is 14.2 Å². The standard InChI is InChI=1S/C44H61N7O9/c1-42(2,3)58-39(55)45-21-23-50(24-22-46-40(56)59-43(4,5)6)38(54)31-26-35(51(28-31)41(57)60-44(7,8)9)37(53)49-34(20-19-29-15-11-10-12-16-29)36(52)48-32-25-30-17-13-14-18-33(30)47-27-32/h10-18,25,27,31,34-35H,19-24,26,28H2,1-9H3,(H,45,55)(H,46,56)(H,48,52)(H,49,53)/t31-,34-,35?/m0/s1. The predicted molar refractivity (Wildman–Crippen MR) is 227 cm³/mol. The maximum Gasteiger partial charge on any atom is 0.410 e. The van der Waals surface area contributed by atoms with E-state index in [1.54, 1.807) is 74.6 Å². The largest absolute Gasteiger partial charge is 0.444 e. The fourth-order valence-electron chi connectivity index (χ4n) is 6.45. The van der Waals surface area contributed by atoms with E-state index >= 15 is 0 Å². The number of nitrogens with zero attached hydrogens (tertiary/aromatic N) is 3. The van der Waals surface area contributed by atoms with E-state index in [1.165, 1.54) is 9.80 Å². The lowest BCUT2D eigenvalue weighted by atomic mass is 10.0. The number of ether oxygens (including phenoxy) is 3. The van der Waals surface area contributed by atoms with Crippen molar-refractivity contribution in [2.24, 2.45) is 5.92 Å². The van der Waals surface area contributed by atoms with Crippen molar-refractivity contribution in [3.05, 3.63) is 72.4 Å². The lowest BCUT2D eigenvalue weighted by molar-refractivity contribution is -0.135. The molecule has 0 bridgehead atoms. The van der Waals surface area contributed by atoms with E-state index in [-0.39, 0.29) is 45.6 Å². The lowest BCUT2D eigenvalue weighted by Gasteiger charge is -2.29. The molecule has 326 valence electrons. The topological polar surface area (TPSA) is 198 Å². The molecule has 16 nitrogen and oxygen atoms in total. The number of rotatable bonds is 14. The third-order valence-corrected chi connectivity index (χ3v) is 9.05. The van der Waals surface area contributed by atoms with Gasteiger partial charge in [0.2, 0.25) is 17.7 Å². The Morgan fingerprint density at radius 3 is 1.93 bits per heavy atom. The number of carbonyl (C=O) groups is 6. The SMILES string of the molecule is CC(C)(C)OC(=O)NCCN(CCNC(=O)OC(C)(C)C)C(=O)[C@H]1CC(C(=O)N[C@@H](CCc2ccccc2)C(=O)Nc2cnc3ccccc3c2)N(C(=O)OC(C)(C)C)C1. The van der Waals surface area contributed by atoms with Crippen LogP contribution in [-0.2, 0) is 35.0 Å². The maximum atomic E-state index is 14.3. The number of carbonyl (C=O) groups excluding carboxylic acids is 6. The minimum absolute atomic E-state index is 0.0183. The molecule has 1 aliphatic rings. The van der Waals surface area contributed by atoms with Gasteiger partial charge in [-0.3, -0.25) is 24.3 Å². The fourth-order valence-corrected chi connectivity index (χ4v) is 6.45. The Hall–Kier alpha value is -5.93. The summed E-state index contributed by atoms with van der Waals surface area (Å²) in [4.78, 5) is 88.3. The molecule has 4 N–H and O–H groups in total. The van der Waals surface area contributed by atoms with Crippen LogP contribution in [0.15, 0.2) is 66.9 Å². The van der Waals surface area contributed by atoms with E-state index in [9.17, 15) is 28.8 Å². The third kappa shape index (κ3) is 15.3. The lowest BCUT2D eigenvalue weighted by Crippen LogP contribution is -2.52. The van der Waals surface area contributed by atoms with Crippen LogP contribution in [0, 0.1) is 5.92 Å². The second kappa shape index (κ2) is 20.4. The Bertz CT molecular complexity index is 1940. The summed E-state index contributed by atoms with van der Waals surface area (Å²) in [6, 6.07) is 16.6. The number of aromatic nitrogens is 1. The Morgan fingerprint density at radius 2 is 1.35 bits per heavy atom. The van der Waals surface area contributed by atoms with Gasteiger partial charge in [0.15, 0.2) is 0 Å². The molecule has 1 fully saturated rings. The zero-order valence-electron chi connectivity index (χ0n) is 36.3. The van der Waals surface area contributed by atoms with Gasteiger partial charge >= 0.3 is 18.3 Å². The summed E-state index contributed by atoms with van der Waals surface area (Å²) < 4.78 is 16.4. The number of hydrogen-bond acceptors (Lipinski definition) is 10. The van der Waals surface area contributed by atoms with Gasteiger partial charge in [-0.1, -0.05) is 48.5 Å². The van der Waals surface area contributed by atoms with Crippen LogP contribution in [0.1, 0.15) is 80.7 Å². The molecule has 2 aromatic carbocycles. The number of nitrogens with one attached hydrogen (secondary N) is 4. The van der Waals surface area contributed by atoms with Gasteiger partial charge in [-0.05, 0) is 99.3 Å². The second-order valence-electron chi connectivity index (χ2n) is 17.8. The van der Waals surface area contributed by atoms with Gasteiger partial charge in [0.25, 0.3) is 0 Å². The molecule has 60 heavy (non-hydrogen) atoms. The minimum atomic E-state index is -1.18. The van der Waals surface area contributed by atoms with Gasteiger partial charge in [0.05, 0.1) is 23.3 Å². The summed E-state index contributed by atoms with van der Waals surface area (Å²) >= 11 is 0. The zero-order chi connectivity index (χ0) is 44.3. The molecule has 1 aliphatic heterocycles. The first-order chi connectivity index (χ1) is 28.1. The number of benzene rings is 2. The Labute approximate surface area is 352 Å². The van der Waals surface area contributed by atoms with Crippen molar-refractivity contribution in [2.45, 2.75) is 110 Å². The number of amides is 6. The number of hydrogen-bond donors (Lipinski definition) is 4. The van der Waals surface area contributed by atoms with Crippen molar-refractivity contribution in [3.63, 3.8) is 0 Å². The molecule has 0 spiro atoms. The van der Waals surface area contributed by atoms with Crippen LogP contribution in [0.25, 0.3) is 10.9 Å². The van der Waals surface area contributed by atoms with Crippen molar-refractivity contribution >= 4 is 52.6 Å². The van der Waals surface area contributed by atoms with E-state index in [2.05, 4.69) is 26.3 Å². The van der Waals surface area contributed by atoms with Crippen molar-refractivity contribution in [3.8, 4) is 0 Å². The molecule has 16 heteroatoms.